The fourth-order valence-corrected chi connectivity index (χ4v) is 1.42. The van der Waals surface area contributed by atoms with Crippen LogP contribution in [0, 0.1) is 17.5 Å². The molecule has 0 aliphatic heterocycles. The van der Waals surface area contributed by atoms with E-state index in [-0.39, 0.29) is 12.1 Å². The molecular weight excluding hydrogens is 229 g/mol. The van der Waals surface area contributed by atoms with Crippen molar-refractivity contribution in [2.24, 2.45) is 5.73 Å². The molecule has 0 fully saturated rings. The van der Waals surface area contributed by atoms with E-state index >= 15 is 0 Å². The van der Waals surface area contributed by atoms with Crippen molar-refractivity contribution in [1.82, 2.24) is 5.32 Å². The first-order valence-corrected chi connectivity index (χ1v) is 5.18. The smallest absolute Gasteiger partial charge is 0.161 e. The van der Waals surface area contributed by atoms with Crippen LogP contribution < -0.4 is 11.1 Å². The summed E-state index contributed by atoms with van der Waals surface area (Å²) in [6.45, 7) is 5.98. The number of nitrogens with one attached hydrogen (secondary N) is 1. The number of hydrogen-bond acceptors (Lipinski definition) is 2. The molecule has 0 bridgehead atoms. The lowest BCUT2D eigenvalue weighted by Gasteiger charge is -2.18. The molecule has 3 N–H and O–H groups in total. The Morgan fingerprint density at radius 3 is 2.41 bits per heavy atom. The highest BCUT2D eigenvalue weighted by Gasteiger charge is 2.17. The summed E-state index contributed by atoms with van der Waals surface area (Å²) in [4.78, 5) is 0. The van der Waals surface area contributed by atoms with Crippen molar-refractivity contribution in [3.8, 4) is 0 Å². The number of benzene rings is 1. The average Bonchev–Trinajstić information content (AvgIpc) is 2.25. The molecule has 0 heterocycles. The van der Waals surface area contributed by atoms with Crippen LogP contribution in [-0.2, 0) is 0 Å². The first-order valence-electron chi connectivity index (χ1n) is 5.18. The highest BCUT2D eigenvalue weighted by Crippen LogP contribution is 2.20. The number of rotatable bonds is 5. The Balaban J connectivity index is 2.95. The van der Waals surface area contributed by atoms with Crippen LogP contribution in [0.4, 0.5) is 13.2 Å². The van der Waals surface area contributed by atoms with E-state index in [0.717, 1.165) is 11.6 Å². The zero-order valence-electron chi connectivity index (χ0n) is 9.56. The van der Waals surface area contributed by atoms with Gasteiger partial charge >= 0.3 is 0 Å². The molecule has 0 aliphatic rings. The molecule has 0 amide bonds. The van der Waals surface area contributed by atoms with Gasteiger partial charge in [-0.25, -0.2) is 13.2 Å². The zero-order chi connectivity index (χ0) is 13.0. The van der Waals surface area contributed by atoms with E-state index in [1.54, 1.807) is 6.92 Å². The van der Waals surface area contributed by atoms with Crippen LogP contribution in [0.2, 0.25) is 0 Å². The SMILES string of the molecule is C=C(C)CNC(CN)c1cc(F)c(F)cc1F. The van der Waals surface area contributed by atoms with E-state index in [2.05, 4.69) is 11.9 Å². The lowest BCUT2D eigenvalue weighted by molar-refractivity contribution is 0.472. The van der Waals surface area contributed by atoms with Gasteiger partial charge < -0.3 is 11.1 Å². The molecule has 94 valence electrons. The van der Waals surface area contributed by atoms with Crippen LogP contribution in [0.25, 0.3) is 0 Å². The van der Waals surface area contributed by atoms with E-state index < -0.39 is 23.5 Å². The van der Waals surface area contributed by atoms with Gasteiger partial charge in [-0.3, -0.25) is 0 Å². The molecule has 1 atom stereocenters. The lowest BCUT2D eigenvalue weighted by atomic mass is 10.1. The highest BCUT2D eigenvalue weighted by molar-refractivity contribution is 5.24. The van der Waals surface area contributed by atoms with E-state index in [1.807, 2.05) is 0 Å². The third-order valence-electron chi connectivity index (χ3n) is 2.30. The normalized spacial score (nSPS) is 12.5. The summed E-state index contributed by atoms with van der Waals surface area (Å²) < 4.78 is 39.3. The first kappa shape index (κ1) is 13.7. The van der Waals surface area contributed by atoms with Crippen molar-refractivity contribution < 1.29 is 13.2 Å². The summed E-state index contributed by atoms with van der Waals surface area (Å²) in [5.41, 5.74) is 6.33. The van der Waals surface area contributed by atoms with E-state index in [9.17, 15) is 13.2 Å². The van der Waals surface area contributed by atoms with Gasteiger partial charge in [-0.15, -0.1) is 0 Å². The number of halogens is 3. The minimum Gasteiger partial charge on any atom is -0.329 e. The fourth-order valence-electron chi connectivity index (χ4n) is 1.42. The monoisotopic (exact) mass is 244 g/mol. The highest BCUT2D eigenvalue weighted by atomic mass is 19.2. The maximum Gasteiger partial charge on any atom is 0.161 e. The third-order valence-corrected chi connectivity index (χ3v) is 2.30. The summed E-state index contributed by atoms with van der Waals surface area (Å²) >= 11 is 0. The molecule has 0 radical (unpaired) electrons. The van der Waals surface area contributed by atoms with Gasteiger partial charge in [-0.05, 0) is 13.0 Å². The van der Waals surface area contributed by atoms with Crippen molar-refractivity contribution in [3.05, 3.63) is 47.3 Å². The maximum absolute atomic E-state index is 13.5. The second kappa shape index (κ2) is 5.84. The van der Waals surface area contributed by atoms with Crippen molar-refractivity contribution in [2.75, 3.05) is 13.1 Å². The molecule has 0 spiro atoms. The molecule has 2 nitrogen and oxygen atoms in total. The maximum atomic E-state index is 13.5. The number of nitrogens with two attached hydrogens (primary N) is 1. The van der Waals surface area contributed by atoms with Gasteiger partial charge in [0.25, 0.3) is 0 Å². The summed E-state index contributed by atoms with van der Waals surface area (Å²) in [7, 11) is 0. The second-order valence-corrected chi connectivity index (χ2v) is 3.91. The van der Waals surface area contributed by atoms with Gasteiger partial charge in [-0.2, -0.15) is 0 Å². The largest absolute Gasteiger partial charge is 0.329 e. The van der Waals surface area contributed by atoms with Gasteiger partial charge in [0.05, 0.1) is 0 Å². The molecule has 1 aromatic carbocycles. The van der Waals surface area contributed by atoms with E-state index in [4.69, 9.17) is 5.73 Å². The standard InChI is InChI=1S/C12H15F3N2/c1-7(2)6-17-12(5-16)8-3-10(14)11(15)4-9(8)13/h3-4,12,17H,1,5-6,16H2,2H3. The summed E-state index contributed by atoms with van der Waals surface area (Å²) in [5, 5.41) is 2.92. The minimum atomic E-state index is -1.21. The van der Waals surface area contributed by atoms with Gasteiger partial charge in [0, 0.05) is 30.8 Å². The predicted molar refractivity (Wildman–Crippen MR) is 60.9 cm³/mol. The molecule has 0 aliphatic carbocycles. The predicted octanol–water partition coefficient (Wildman–Crippen LogP) is 2.27. The Morgan fingerprint density at radius 2 is 1.88 bits per heavy atom. The molecular formula is C12H15F3N2. The molecule has 0 saturated heterocycles. The van der Waals surface area contributed by atoms with Gasteiger partial charge in [-0.1, -0.05) is 12.2 Å². The van der Waals surface area contributed by atoms with Gasteiger partial charge in [0.15, 0.2) is 11.6 Å². The molecule has 17 heavy (non-hydrogen) atoms. The van der Waals surface area contributed by atoms with Crippen molar-refractivity contribution in [1.29, 1.82) is 0 Å². The number of hydrogen-bond donors (Lipinski definition) is 2. The Morgan fingerprint density at radius 1 is 1.29 bits per heavy atom. The van der Waals surface area contributed by atoms with Gasteiger partial charge in [0.1, 0.15) is 5.82 Å². The molecule has 1 rings (SSSR count). The van der Waals surface area contributed by atoms with E-state index in [0.29, 0.717) is 12.6 Å². The Hall–Kier alpha value is -1.33. The molecule has 0 aromatic heterocycles. The van der Waals surface area contributed by atoms with Crippen molar-refractivity contribution in [3.63, 3.8) is 0 Å². The Bertz CT molecular complexity index is 418. The molecule has 5 heteroatoms. The van der Waals surface area contributed by atoms with E-state index in [1.165, 1.54) is 0 Å². The summed E-state index contributed by atoms with van der Waals surface area (Å²) in [6.07, 6.45) is 0. The lowest BCUT2D eigenvalue weighted by Crippen LogP contribution is -2.30. The van der Waals surface area contributed by atoms with Crippen molar-refractivity contribution in [2.45, 2.75) is 13.0 Å². The topological polar surface area (TPSA) is 38.0 Å². The molecule has 1 unspecified atom stereocenters. The van der Waals surface area contributed by atoms with Crippen LogP contribution in [0.3, 0.4) is 0 Å². The first-order chi connectivity index (χ1) is 7.95. The Kier molecular flexibility index (Phi) is 4.72. The molecule has 0 saturated carbocycles. The van der Waals surface area contributed by atoms with Crippen molar-refractivity contribution >= 4 is 0 Å². The summed E-state index contributed by atoms with van der Waals surface area (Å²) in [5.74, 6) is -3.10. The van der Waals surface area contributed by atoms with Crippen LogP contribution >= 0.6 is 0 Å². The van der Waals surface area contributed by atoms with Gasteiger partial charge in [0.2, 0.25) is 0 Å². The minimum absolute atomic E-state index is 0.0210. The van der Waals surface area contributed by atoms with Crippen LogP contribution in [-0.4, -0.2) is 13.1 Å². The van der Waals surface area contributed by atoms with Crippen LogP contribution in [0.15, 0.2) is 24.3 Å². The zero-order valence-corrected chi connectivity index (χ0v) is 9.56. The van der Waals surface area contributed by atoms with Crippen LogP contribution in [0.1, 0.15) is 18.5 Å². The van der Waals surface area contributed by atoms with Crippen LogP contribution in [0.5, 0.6) is 0 Å². The second-order valence-electron chi connectivity index (χ2n) is 3.91. The Labute approximate surface area is 98.3 Å². The summed E-state index contributed by atoms with van der Waals surface area (Å²) in [6, 6.07) is 0.783. The third kappa shape index (κ3) is 3.57. The quantitative estimate of drug-likeness (QED) is 0.616. The average molecular weight is 244 g/mol. The fraction of sp³-hybridized carbons (Fsp3) is 0.333. The molecule has 1 aromatic rings.